The van der Waals surface area contributed by atoms with Crippen molar-refractivity contribution in [3.8, 4) is 5.75 Å². The smallest absolute Gasteiger partial charge is 0.230 e. The van der Waals surface area contributed by atoms with E-state index in [1.165, 1.54) is 11.1 Å². The molecule has 17 heavy (non-hydrogen) atoms. The maximum atomic E-state index is 5.93. The fourth-order valence-corrected chi connectivity index (χ4v) is 3.53. The van der Waals surface area contributed by atoms with Crippen molar-refractivity contribution in [1.82, 2.24) is 0 Å². The highest BCUT2D eigenvalue weighted by molar-refractivity contribution is 6.32. The molecular formula is C15H14OSi. The van der Waals surface area contributed by atoms with E-state index in [1.54, 1.807) is 0 Å². The number of rotatable bonds is 3. The van der Waals surface area contributed by atoms with Crippen molar-refractivity contribution in [1.29, 1.82) is 0 Å². The number of para-hydroxylation sites is 1. The lowest BCUT2D eigenvalue weighted by molar-refractivity contribution is 0.586. The summed E-state index contributed by atoms with van der Waals surface area (Å²) in [6.07, 6.45) is 4.49. The molecule has 0 saturated carbocycles. The van der Waals surface area contributed by atoms with E-state index in [4.69, 9.17) is 4.43 Å². The van der Waals surface area contributed by atoms with Crippen LogP contribution in [0.4, 0.5) is 0 Å². The van der Waals surface area contributed by atoms with Crippen LogP contribution in [0.5, 0.6) is 5.75 Å². The molecule has 1 aliphatic rings. The van der Waals surface area contributed by atoms with Gasteiger partial charge >= 0.3 is 0 Å². The predicted molar refractivity (Wildman–Crippen MR) is 73.8 cm³/mol. The SMILES string of the molecule is C1=CC([SiH2]Oc2ccccc2)c2ccccc21. The van der Waals surface area contributed by atoms with Gasteiger partial charge in [0.1, 0.15) is 5.75 Å². The fourth-order valence-electron chi connectivity index (χ4n) is 2.17. The second-order valence-electron chi connectivity index (χ2n) is 4.22. The quantitative estimate of drug-likeness (QED) is 0.747. The van der Waals surface area contributed by atoms with Crippen molar-refractivity contribution in [3.63, 3.8) is 0 Å². The molecule has 0 fully saturated rings. The summed E-state index contributed by atoms with van der Waals surface area (Å²) in [7, 11) is -0.606. The summed E-state index contributed by atoms with van der Waals surface area (Å²) in [6, 6.07) is 18.7. The molecule has 0 bridgehead atoms. The first-order valence-electron chi connectivity index (χ1n) is 5.88. The largest absolute Gasteiger partial charge is 0.548 e. The predicted octanol–water partition coefficient (Wildman–Crippen LogP) is 2.92. The van der Waals surface area contributed by atoms with Gasteiger partial charge in [-0.05, 0) is 23.3 Å². The van der Waals surface area contributed by atoms with Gasteiger partial charge in [0, 0.05) is 5.54 Å². The minimum Gasteiger partial charge on any atom is -0.548 e. The lowest BCUT2D eigenvalue weighted by Crippen LogP contribution is -2.11. The molecule has 0 N–H and O–H groups in total. The van der Waals surface area contributed by atoms with Crippen LogP contribution in [-0.2, 0) is 0 Å². The first-order chi connectivity index (χ1) is 8.43. The Bertz CT molecular complexity index is 534. The van der Waals surface area contributed by atoms with Gasteiger partial charge in [0.25, 0.3) is 0 Å². The van der Waals surface area contributed by atoms with Crippen LogP contribution in [0.2, 0.25) is 0 Å². The standard InChI is InChI=1S/C15H14OSi/c1-2-7-13(8-3-1)16-17-15-11-10-12-6-4-5-9-14(12)15/h1-11,15H,17H2. The average Bonchev–Trinajstić information content (AvgIpc) is 2.81. The van der Waals surface area contributed by atoms with Crippen LogP contribution >= 0.6 is 0 Å². The summed E-state index contributed by atoms with van der Waals surface area (Å²) in [6.45, 7) is 0. The molecule has 0 aromatic heterocycles. The Morgan fingerprint density at radius 2 is 1.65 bits per heavy atom. The average molecular weight is 238 g/mol. The molecule has 2 heteroatoms. The molecule has 1 nitrogen and oxygen atoms in total. The first kappa shape index (κ1) is 10.4. The maximum absolute atomic E-state index is 5.93. The van der Waals surface area contributed by atoms with Crippen LogP contribution in [0.25, 0.3) is 6.08 Å². The van der Waals surface area contributed by atoms with Crippen molar-refractivity contribution < 1.29 is 4.43 Å². The summed E-state index contributed by atoms with van der Waals surface area (Å²) < 4.78 is 5.93. The summed E-state index contributed by atoms with van der Waals surface area (Å²) in [5.41, 5.74) is 3.29. The van der Waals surface area contributed by atoms with Gasteiger partial charge in [-0.3, -0.25) is 0 Å². The molecular weight excluding hydrogens is 224 g/mol. The van der Waals surface area contributed by atoms with E-state index >= 15 is 0 Å². The second-order valence-corrected chi connectivity index (χ2v) is 5.72. The molecule has 0 aliphatic heterocycles. The Labute approximate surface area is 104 Å². The molecule has 1 atom stereocenters. The first-order valence-corrected chi connectivity index (χ1v) is 7.28. The Hall–Kier alpha value is -1.80. The number of benzene rings is 2. The van der Waals surface area contributed by atoms with Crippen LogP contribution < -0.4 is 4.43 Å². The molecule has 84 valence electrons. The van der Waals surface area contributed by atoms with Gasteiger partial charge in [0.2, 0.25) is 9.76 Å². The number of fused-ring (bicyclic) bond motifs is 1. The minimum absolute atomic E-state index is 0.520. The Morgan fingerprint density at radius 1 is 0.882 bits per heavy atom. The topological polar surface area (TPSA) is 9.23 Å². The van der Waals surface area contributed by atoms with Gasteiger partial charge in [-0.15, -0.1) is 0 Å². The van der Waals surface area contributed by atoms with Crippen LogP contribution in [0, 0.1) is 0 Å². The van der Waals surface area contributed by atoms with E-state index in [9.17, 15) is 0 Å². The van der Waals surface area contributed by atoms with E-state index in [2.05, 4.69) is 36.4 Å². The van der Waals surface area contributed by atoms with Crippen molar-refractivity contribution in [2.45, 2.75) is 5.54 Å². The summed E-state index contributed by atoms with van der Waals surface area (Å²) in [5.74, 6) is 0.997. The monoisotopic (exact) mass is 238 g/mol. The van der Waals surface area contributed by atoms with Crippen LogP contribution in [0.3, 0.4) is 0 Å². The van der Waals surface area contributed by atoms with Gasteiger partial charge in [0.05, 0.1) is 0 Å². The van der Waals surface area contributed by atoms with Gasteiger partial charge in [-0.1, -0.05) is 54.6 Å². The molecule has 0 heterocycles. The third-order valence-electron chi connectivity index (χ3n) is 3.08. The Morgan fingerprint density at radius 3 is 2.53 bits per heavy atom. The highest BCUT2D eigenvalue weighted by Gasteiger charge is 2.17. The molecule has 0 spiro atoms. The van der Waals surface area contributed by atoms with Gasteiger partial charge in [-0.2, -0.15) is 0 Å². The maximum Gasteiger partial charge on any atom is 0.230 e. The highest BCUT2D eigenvalue weighted by atomic mass is 28.2. The summed E-state index contributed by atoms with van der Waals surface area (Å²) in [5, 5.41) is 0. The van der Waals surface area contributed by atoms with E-state index in [-0.39, 0.29) is 0 Å². The van der Waals surface area contributed by atoms with Crippen molar-refractivity contribution >= 4 is 15.8 Å². The zero-order valence-electron chi connectivity index (χ0n) is 9.54. The minimum atomic E-state index is -0.606. The zero-order valence-corrected chi connectivity index (χ0v) is 11.0. The number of hydrogen-bond acceptors (Lipinski definition) is 1. The van der Waals surface area contributed by atoms with E-state index in [0.29, 0.717) is 5.54 Å². The number of hydrogen-bond donors (Lipinski definition) is 0. The van der Waals surface area contributed by atoms with Crippen molar-refractivity contribution in [2.75, 3.05) is 0 Å². The third-order valence-corrected chi connectivity index (χ3v) is 4.65. The van der Waals surface area contributed by atoms with Gasteiger partial charge in [0.15, 0.2) is 0 Å². The lowest BCUT2D eigenvalue weighted by Gasteiger charge is -2.12. The normalized spacial score (nSPS) is 17.5. The van der Waals surface area contributed by atoms with E-state index in [1.807, 2.05) is 30.3 Å². The second kappa shape index (κ2) is 4.59. The number of allylic oxidation sites excluding steroid dienone is 1. The molecule has 2 aromatic carbocycles. The fraction of sp³-hybridized carbons (Fsp3) is 0.0667. The van der Waals surface area contributed by atoms with Gasteiger partial charge in [-0.25, -0.2) is 0 Å². The van der Waals surface area contributed by atoms with Crippen molar-refractivity contribution in [2.24, 2.45) is 0 Å². The van der Waals surface area contributed by atoms with Crippen LogP contribution in [0.1, 0.15) is 16.7 Å². The molecule has 3 rings (SSSR count). The van der Waals surface area contributed by atoms with Crippen LogP contribution in [-0.4, -0.2) is 9.76 Å². The molecule has 0 saturated heterocycles. The molecule has 1 aliphatic carbocycles. The highest BCUT2D eigenvalue weighted by Crippen LogP contribution is 2.29. The van der Waals surface area contributed by atoms with Gasteiger partial charge < -0.3 is 4.43 Å². The molecule has 1 unspecified atom stereocenters. The van der Waals surface area contributed by atoms with E-state index in [0.717, 1.165) is 5.75 Å². The summed E-state index contributed by atoms with van der Waals surface area (Å²) >= 11 is 0. The molecule has 0 radical (unpaired) electrons. The summed E-state index contributed by atoms with van der Waals surface area (Å²) in [4.78, 5) is 0. The third kappa shape index (κ3) is 2.17. The Kier molecular flexibility index (Phi) is 2.80. The van der Waals surface area contributed by atoms with Crippen molar-refractivity contribution in [3.05, 3.63) is 71.8 Å². The van der Waals surface area contributed by atoms with E-state index < -0.39 is 9.76 Å². The molecule has 0 amide bonds. The molecule has 2 aromatic rings. The Balaban J connectivity index is 1.70. The lowest BCUT2D eigenvalue weighted by atomic mass is 10.1. The zero-order chi connectivity index (χ0) is 11.5. The van der Waals surface area contributed by atoms with Crippen LogP contribution in [0.15, 0.2) is 60.7 Å².